The standard InChI is InChI=1S/C18H16N2O4/c21-12-6-4-10(5-7-12)17-14-3-1-2-13(14)15-8-11(20(23)24)9-16(22)18(15)19-17/h1-2,4-9,13-14,17,19,21-22H,3H2. The molecular formula is C18H16N2O4. The van der Waals surface area contributed by atoms with Crippen molar-refractivity contribution in [2.45, 2.75) is 18.4 Å². The van der Waals surface area contributed by atoms with E-state index < -0.39 is 4.92 Å². The molecular weight excluding hydrogens is 308 g/mol. The van der Waals surface area contributed by atoms with Gasteiger partial charge in [-0.1, -0.05) is 24.3 Å². The molecule has 122 valence electrons. The van der Waals surface area contributed by atoms with E-state index in [2.05, 4.69) is 17.5 Å². The number of hydrogen-bond donors (Lipinski definition) is 3. The topological polar surface area (TPSA) is 95.6 Å². The Morgan fingerprint density at radius 3 is 2.62 bits per heavy atom. The van der Waals surface area contributed by atoms with Gasteiger partial charge in [0.1, 0.15) is 11.5 Å². The van der Waals surface area contributed by atoms with Crippen LogP contribution in [0.4, 0.5) is 11.4 Å². The van der Waals surface area contributed by atoms with Gasteiger partial charge in [-0.25, -0.2) is 0 Å². The van der Waals surface area contributed by atoms with E-state index in [1.54, 1.807) is 18.2 Å². The second-order valence-corrected chi connectivity index (χ2v) is 6.25. The zero-order valence-electron chi connectivity index (χ0n) is 12.7. The number of non-ortho nitro benzene ring substituents is 1. The molecule has 2 aliphatic rings. The van der Waals surface area contributed by atoms with Crippen molar-refractivity contribution in [2.75, 3.05) is 5.32 Å². The molecule has 1 heterocycles. The van der Waals surface area contributed by atoms with Gasteiger partial charge in [0.15, 0.2) is 0 Å². The van der Waals surface area contributed by atoms with Crippen molar-refractivity contribution >= 4 is 11.4 Å². The summed E-state index contributed by atoms with van der Waals surface area (Å²) in [7, 11) is 0. The van der Waals surface area contributed by atoms with Gasteiger partial charge in [0, 0.05) is 12.0 Å². The number of allylic oxidation sites excluding steroid dienone is 2. The van der Waals surface area contributed by atoms with E-state index in [1.807, 2.05) is 12.1 Å². The third-order valence-electron chi connectivity index (χ3n) is 4.90. The lowest BCUT2D eigenvalue weighted by Gasteiger charge is -2.37. The SMILES string of the molecule is O=[N+]([O-])c1cc(O)c2c(c1)C1C=CCC1C(c1ccc(O)cc1)N2. The van der Waals surface area contributed by atoms with Crippen LogP contribution in [-0.4, -0.2) is 15.1 Å². The molecule has 0 radical (unpaired) electrons. The van der Waals surface area contributed by atoms with Crippen molar-refractivity contribution in [3.05, 3.63) is 69.8 Å². The third kappa shape index (κ3) is 2.19. The van der Waals surface area contributed by atoms with E-state index in [0.717, 1.165) is 17.5 Å². The highest BCUT2D eigenvalue weighted by Crippen LogP contribution is 2.53. The highest BCUT2D eigenvalue weighted by Gasteiger charge is 2.39. The Morgan fingerprint density at radius 2 is 1.92 bits per heavy atom. The predicted octanol–water partition coefficient (Wildman–Crippen LogP) is 3.83. The molecule has 3 atom stereocenters. The molecule has 0 fully saturated rings. The number of anilines is 1. The number of nitrogens with zero attached hydrogens (tertiary/aromatic N) is 1. The lowest BCUT2D eigenvalue weighted by Crippen LogP contribution is -2.29. The second kappa shape index (κ2) is 5.26. The van der Waals surface area contributed by atoms with E-state index in [1.165, 1.54) is 6.07 Å². The molecule has 1 aliphatic heterocycles. The molecule has 0 bridgehead atoms. The summed E-state index contributed by atoms with van der Waals surface area (Å²) in [6.07, 6.45) is 4.99. The fourth-order valence-electron chi connectivity index (χ4n) is 3.78. The smallest absolute Gasteiger partial charge is 0.273 e. The Balaban J connectivity index is 1.82. The van der Waals surface area contributed by atoms with Crippen LogP contribution in [0.25, 0.3) is 0 Å². The van der Waals surface area contributed by atoms with Gasteiger partial charge >= 0.3 is 0 Å². The number of nitrogens with one attached hydrogen (secondary N) is 1. The minimum atomic E-state index is -0.486. The zero-order valence-corrected chi connectivity index (χ0v) is 12.7. The molecule has 0 amide bonds. The summed E-state index contributed by atoms with van der Waals surface area (Å²) in [5.41, 5.74) is 2.21. The first-order valence-corrected chi connectivity index (χ1v) is 7.78. The minimum absolute atomic E-state index is 0.0193. The van der Waals surface area contributed by atoms with Crippen LogP contribution in [0.3, 0.4) is 0 Å². The lowest BCUT2D eigenvalue weighted by atomic mass is 9.76. The quantitative estimate of drug-likeness (QED) is 0.338. The maximum atomic E-state index is 11.1. The molecule has 0 saturated heterocycles. The number of rotatable bonds is 2. The Labute approximate surface area is 138 Å². The monoisotopic (exact) mass is 324 g/mol. The Bertz CT molecular complexity index is 845. The van der Waals surface area contributed by atoms with E-state index in [0.29, 0.717) is 5.69 Å². The van der Waals surface area contributed by atoms with Gasteiger partial charge in [-0.15, -0.1) is 0 Å². The molecule has 2 aromatic rings. The Hall–Kier alpha value is -3.02. The average Bonchev–Trinajstić information content (AvgIpc) is 3.05. The van der Waals surface area contributed by atoms with Crippen LogP contribution in [0, 0.1) is 16.0 Å². The van der Waals surface area contributed by atoms with Gasteiger partial charge in [-0.05, 0) is 35.6 Å². The Kier molecular flexibility index (Phi) is 3.19. The van der Waals surface area contributed by atoms with Crippen LogP contribution < -0.4 is 5.32 Å². The van der Waals surface area contributed by atoms with Crippen LogP contribution in [0.2, 0.25) is 0 Å². The number of phenolic OH excluding ortho intramolecular Hbond substituents is 2. The number of hydrogen-bond acceptors (Lipinski definition) is 5. The molecule has 1 aliphatic carbocycles. The maximum Gasteiger partial charge on any atom is 0.273 e. The van der Waals surface area contributed by atoms with Crippen LogP contribution in [0.15, 0.2) is 48.6 Å². The largest absolute Gasteiger partial charge is 0.508 e. The summed E-state index contributed by atoms with van der Waals surface area (Å²) < 4.78 is 0. The van der Waals surface area contributed by atoms with Gasteiger partial charge < -0.3 is 15.5 Å². The molecule has 3 N–H and O–H groups in total. The van der Waals surface area contributed by atoms with Crippen molar-refractivity contribution < 1.29 is 15.1 Å². The molecule has 0 saturated carbocycles. The first-order chi connectivity index (χ1) is 11.5. The lowest BCUT2D eigenvalue weighted by molar-refractivity contribution is -0.385. The molecule has 3 unspecified atom stereocenters. The highest BCUT2D eigenvalue weighted by molar-refractivity contribution is 5.70. The van der Waals surface area contributed by atoms with E-state index >= 15 is 0 Å². The zero-order chi connectivity index (χ0) is 16.8. The van der Waals surface area contributed by atoms with Crippen molar-refractivity contribution in [1.29, 1.82) is 0 Å². The number of benzene rings is 2. The maximum absolute atomic E-state index is 11.1. The molecule has 0 spiro atoms. The fourth-order valence-corrected chi connectivity index (χ4v) is 3.78. The van der Waals surface area contributed by atoms with Crippen LogP contribution in [-0.2, 0) is 0 Å². The molecule has 6 heteroatoms. The van der Waals surface area contributed by atoms with Gasteiger partial charge in [0.25, 0.3) is 5.69 Å². The average molecular weight is 324 g/mol. The van der Waals surface area contributed by atoms with Gasteiger partial charge in [-0.3, -0.25) is 10.1 Å². The van der Waals surface area contributed by atoms with Gasteiger partial charge in [0.2, 0.25) is 0 Å². The second-order valence-electron chi connectivity index (χ2n) is 6.25. The Morgan fingerprint density at radius 1 is 1.17 bits per heavy atom. The molecule has 24 heavy (non-hydrogen) atoms. The summed E-state index contributed by atoms with van der Waals surface area (Å²) >= 11 is 0. The highest BCUT2D eigenvalue weighted by atomic mass is 16.6. The van der Waals surface area contributed by atoms with E-state index in [-0.39, 0.29) is 35.1 Å². The predicted molar refractivity (Wildman–Crippen MR) is 89.2 cm³/mol. The summed E-state index contributed by atoms with van der Waals surface area (Å²) in [4.78, 5) is 10.6. The fraction of sp³-hybridized carbons (Fsp3) is 0.222. The first-order valence-electron chi connectivity index (χ1n) is 7.78. The number of fused-ring (bicyclic) bond motifs is 3. The number of nitro groups is 1. The van der Waals surface area contributed by atoms with Gasteiger partial charge in [0.05, 0.1) is 22.7 Å². The molecule has 4 rings (SSSR count). The van der Waals surface area contributed by atoms with Crippen molar-refractivity contribution in [3.63, 3.8) is 0 Å². The van der Waals surface area contributed by atoms with E-state index in [4.69, 9.17) is 0 Å². The van der Waals surface area contributed by atoms with Gasteiger partial charge in [-0.2, -0.15) is 0 Å². The summed E-state index contributed by atoms with van der Waals surface area (Å²) in [6, 6.07) is 9.68. The van der Waals surface area contributed by atoms with Crippen molar-refractivity contribution in [1.82, 2.24) is 0 Å². The molecule has 0 aromatic heterocycles. The van der Waals surface area contributed by atoms with Crippen molar-refractivity contribution in [3.8, 4) is 11.5 Å². The number of aromatic hydroxyl groups is 2. The summed E-state index contributed by atoms with van der Waals surface area (Å²) in [5, 5.41) is 34.2. The minimum Gasteiger partial charge on any atom is -0.508 e. The number of nitro benzene ring substituents is 1. The third-order valence-corrected chi connectivity index (χ3v) is 4.90. The van der Waals surface area contributed by atoms with E-state index in [9.17, 15) is 20.3 Å². The van der Waals surface area contributed by atoms with Crippen molar-refractivity contribution in [2.24, 2.45) is 5.92 Å². The van der Waals surface area contributed by atoms with Crippen LogP contribution >= 0.6 is 0 Å². The van der Waals surface area contributed by atoms with Crippen LogP contribution in [0.5, 0.6) is 11.5 Å². The summed E-state index contributed by atoms with van der Waals surface area (Å²) in [6.45, 7) is 0. The molecule has 2 aromatic carbocycles. The first kappa shape index (κ1) is 14.6. The van der Waals surface area contributed by atoms with Crippen LogP contribution in [0.1, 0.15) is 29.5 Å². The normalized spacial score (nSPS) is 24.1. The number of phenols is 2. The molecule has 6 nitrogen and oxygen atoms in total. The summed E-state index contributed by atoms with van der Waals surface area (Å²) in [5.74, 6) is 0.325.